The van der Waals surface area contributed by atoms with E-state index in [1.165, 1.54) is 0 Å². The van der Waals surface area contributed by atoms with Gasteiger partial charge in [0.05, 0.1) is 35.7 Å². The quantitative estimate of drug-likeness (QED) is 0.833. The minimum atomic E-state index is 0.0909. The third-order valence-electron chi connectivity index (χ3n) is 5.14. The van der Waals surface area contributed by atoms with E-state index in [1.807, 2.05) is 41.8 Å². The van der Waals surface area contributed by atoms with Crippen molar-refractivity contribution in [3.8, 4) is 0 Å². The second-order valence-electron chi connectivity index (χ2n) is 7.16. The number of likely N-dealkylation sites (tertiary alicyclic amines) is 1. The lowest BCUT2D eigenvalue weighted by Crippen LogP contribution is -2.62. The van der Waals surface area contributed by atoms with E-state index in [1.54, 1.807) is 0 Å². The second kappa shape index (κ2) is 6.65. The van der Waals surface area contributed by atoms with Crippen molar-refractivity contribution in [2.75, 3.05) is 32.1 Å². The molecule has 0 radical (unpaired) electrons. The number of aromatic nitrogens is 1. The molecule has 1 amide bonds. The zero-order valence-corrected chi connectivity index (χ0v) is 14.9. The number of carbonyl (C=O) groups is 1. The molecule has 3 fully saturated rings. The van der Waals surface area contributed by atoms with E-state index in [9.17, 15) is 4.79 Å². The molecule has 0 aliphatic carbocycles. The van der Waals surface area contributed by atoms with Gasteiger partial charge in [-0.05, 0) is 31.9 Å². The van der Waals surface area contributed by atoms with Gasteiger partial charge in [0, 0.05) is 31.1 Å². The van der Waals surface area contributed by atoms with E-state index in [4.69, 9.17) is 9.47 Å². The Labute approximate surface area is 147 Å². The molecule has 0 aromatic carbocycles. The van der Waals surface area contributed by atoms with Crippen LogP contribution >= 0.6 is 11.8 Å². The van der Waals surface area contributed by atoms with Gasteiger partial charge in [0.15, 0.2) is 0 Å². The van der Waals surface area contributed by atoms with Crippen LogP contribution in [0.15, 0.2) is 18.2 Å². The van der Waals surface area contributed by atoms with Crippen LogP contribution in [0, 0.1) is 12.8 Å². The summed E-state index contributed by atoms with van der Waals surface area (Å²) < 4.78 is 11.6. The first-order valence-electron chi connectivity index (χ1n) is 8.68. The fourth-order valence-electron chi connectivity index (χ4n) is 3.81. The number of amides is 1. The largest absolute Gasteiger partial charge is 0.381 e. The normalized spacial score (nSPS) is 28.3. The van der Waals surface area contributed by atoms with Gasteiger partial charge in [-0.3, -0.25) is 9.78 Å². The lowest BCUT2D eigenvalue weighted by molar-refractivity contribution is -0.141. The molecule has 1 spiro atoms. The monoisotopic (exact) mass is 348 g/mol. The molecule has 130 valence electrons. The third-order valence-corrected chi connectivity index (χ3v) is 6.71. The molecule has 3 aliphatic heterocycles. The molecule has 1 aromatic rings. The Balaban J connectivity index is 1.24. The summed E-state index contributed by atoms with van der Waals surface area (Å²) in [7, 11) is 0. The highest BCUT2D eigenvalue weighted by Gasteiger charge is 2.51. The van der Waals surface area contributed by atoms with Crippen molar-refractivity contribution in [3.05, 3.63) is 29.6 Å². The van der Waals surface area contributed by atoms with Crippen LogP contribution < -0.4 is 0 Å². The fourth-order valence-corrected chi connectivity index (χ4v) is 5.36. The van der Waals surface area contributed by atoms with Gasteiger partial charge in [-0.2, -0.15) is 0 Å². The summed E-state index contributed by atoms with van der Waals surface area (Å²) in [5.41, 5.74) is 2.02. The smallest absolute Gasteiger partial charge is 0.228 e. The van der Waals surface area contributed by atoms with Crippen molar-refractivity contribution in [3.63, 3.8) is 0 Å². The van der Waals surface area contributed by atoms with Crippen LogP contribution in [-0.4, -0.2) is 58.7 Å². The van der Waals surface area contributed by atoms with E-state index >= 15 is 0 Å². The van der Waals surface area contributed by atoms with Crippen molar-refractivity contribution in [1.82, 2.24) is 9.88 Å². The molecule has 4 rings (SSSR count). The molecule has 6 heteroatoms. The summed E-state index contributed by atoms with van der Waals surface area (Å²) in [5, 5.41) is 0. The maximum absolute atomic E-state index is 12.4. The van der Waals surface area contributed by atoms with Gasteiger partial charge in [-0.15, -0.1) is 11.8 Å². The van der Waals surface area contributed by atoms with E-state index in [2.05, 4.69) is 4.98 Å². The van der Waals surface area contributed by atoms with Gasteiger partial charge >= 0.3 is 0 Å². The Morgan fingerprint density at radius 1 is 1.50 bits per heavy atom. The molecule has 24 heavy (non-hydrogen) atoms. The lowest BCUT2D eigenvalue weighted by atomic mass is 9.91. The second-order valence-corrected chi connectivity index (χ2v) is 8.64. The van der Waals surface area contributed by atoms with Crippen molar-refractivity contribution in [2.24, 2.45) is 5.92 Å². The van der Waals surface area contributed by atoms with Crippen molar-refractivity contribution in [1.29, 1.82) is 0 Å². The lowest BCUT2D eigenvalue weighted by Gasteiger charge is -2.48. The molecule has 1 aromatic heterocycles. The predicted molar refractivity (Wildman–Crippen MR) is 92.9 cm³/mol. The molecule has 3 aliphatic rings. The molecule has 3 saturated heterocycles. The van der Waals surface area contributed by atoms with Crippen LogP contribution in [0.4, 0.5) is 0 Å². The molecule has 2 atom stereocenters. The number of hydrogen-bond donors (Lipinski definition) is 0. The number of carbonyl (C=O) groups excluding carboxylic acids is 1. The molecule has 0 bridgehead atoms. The third kappa shape index (κ3) is 3.32. The summed E-state index contributed by atoms with van der Waals surface area (Å²) in [6.07, 6.45) is 2.18. The number of hydrogen-bond acceptors (Lipinski definition) is 5. The summed E-state index contributed by atoms with van der Waals surface area (Å²) in [4.78, 5) is 18.9. The first-order valence-corrected chi connectivity index (χ1v) is 9.67. The van der Waals surface area contributed by atoms with Gasteiger partial charge in [0.25, 0.3) is 0 Å². The van der Waals surface area contributed by atoms with Gasteiger partial charge in [-0.25, -0.2) is 0 Å². The van der Waals surface area contributed by atoms with Crippen LogP contribution in [0.3, 0.4) is 0 Å². The van der Waals surface area contributed by atoms with Crippen molar-refractivity contribution in [2.45, 2.75) is 37.2 Å². The van der Waals surface area contributed by atoms with Crippen LogP contribution in [0.25, 0.3) is 0 Å². The molecular formula is C18H24N2O3S. The first kappa shape index (κ1) is 16.4. The van der Waals surface area contributed by atoms with Gasteiger partial charge in [0.2, 0.25) is 5.91 Å². The average molecular weight is 348 g/mol. The van der Waals surface area contributed by atoms with Crippen molar-refractivity contribution < 1.29 is 14.3 Å². The van der Waals surface area contributed by atoms with Gasteiger partial charge in [-0.1, -0.05) is 6.07 Å². The Kier molecular flexibility index (Phi) is 4.54. The first-order chi connectivity index (χ1) is 11.6. The van der Waals surface area contributed by atoms with E-state index < -0.39 is 0 Å². The van der Waals surface area contributed by atoms with Crippen LogP contribution in [-0.2, 0) is 20.9 Å². The summed E-state index contributed by atoms with van der Waals surface area (Å²) in [6, 6.07) is 6.03. The van der Waals surface area contributed by atoms with Crippen LogP contribution in [0.5, 0.6) is 0 Å². The highest BCUT2D eigenvalue weighted by molar-refractivity contribution is 8.01. The van der Waals surface area contributed by atoms with Crippen molar-refractivity contribution >= 4 is 17.7 Å². The molecule has 0 saturated carbocycles. The zero-order valence-electron chi connectivity index (χ0n) is 14.1. The minimum Gasteiger partial charge on any atom is -0.381 e. The zero-order chi connectivity index (χ0) is 16.6. The minimum absolute atomic E-state index is 0.0909. The molecule has 0 N–H and O–H groups in total. The number of nitrogens with zero attached hydrogens (tertiary/aromatic N) is 2. The summed E-state index contributed by atoms with van der Waals surface area (Å²) in [5.74, 6) is 1.39. The SMILES string of the molecule is Cc1cccc(CO[C@H]2CSC3(C2)CN(C(=O)[C@H]2CCOC2)C3)n1. The van der Waals surface area contributed by atoms with Crippen LogP contribution in [0.2, 0.25) is 0 Å². The number of aryl methyl sites for hydroxylation is 1. The predicted octanol–water partition coefficient (Wildman–Crippen LogP) is 2.03. The number of pyridine rings is 1. The van der Waals surface area contributed by atoms with E-state index in [0.717, 1.165) is 49.7 Å². The summed E-state index contributed by atoms with van der Waals surface area (Å²) >= 11 is 1.97. The molecular weight excluding hydrogens is 324 g/mol. The maximum atomic E-state index is 12.4. The van der Waals surface area contributed by atoms with Crippen LogP contribution in [0.1, 0.15) is 24.2 Å². The highest BCUT2D eigenvalue weighted by atomic mass is 32.2. The van der Waals surface area contributed by atoms with Gasteiger partial charge < -0.3 is 14.4 Å². The fraction of sp³-hybridized carbons (Fsp3) is 0.667. The average Bonchev–Trinajstić information content (AvgIpc) is 3.21. The number of ether oxygens (including phenoxy) is 2. The standard InChI is InChI=1S/C18H24N2O3S/c1-13-3-2-4-15(19-13)9-23-16-7-18(24-10-16)11-20(12-18)17(21)14-5-6-22-8-14/h2-4,14,16H,5-12H2,1H3/t14-,16+/m0/s1. The molecule has 0 unspecified atom stereocenters. The highest BCUT2D eigenvalue weighted by Crippen LogP contribution is 2.46. The number of rotatable bonds is 4. The molecule has 4 heterocycles. The number of thioether (sulfide) groups is 1. The summed E-state index contributed by atoms with van der Waals surface area (Å²) in [6.45, 7) is 5.65. The topological polar surface area (TPSA) is 51.7 Å². The van der Waals surface area contributed by atoms with Gasteiger partial charge in [0.1, 0.15) is 0 Å². The Morgan fingerprint density at radius 3 is 3.12 bits per heavy atom. The molecule has 5 nitrogen and oxygen atoms in total. The Bertz CT molecular complexity index is 612. The Hall–Kier alpha value is -1.11. The van der Waals surface area contributed by atoms with E-state index in [0.29, 0.717) is 13.2 Å². The Morgan fingerprint density at radius 2 is 2.38 bits per heavy atom. The van der Waals surface area contributed by atoms with E-state index in [-0.39, 0.29) is 22.7 Å². The maximum Gasteiger partial charge on any atom is 0.228 e.